The zero-order chi connectivity index (χ0) is 14.7. The first-order valence-electron chi connectivity index (χ1n) is 6.31. The van der Waals surface area contributed by atoms with Gasteiger partial charge in [0.2, 0.25) is 0 Å². The third-order valence-electron chi connectivity index (χ3n) is 2.98. The van der Waals surface area contributed by atoms with E-state index in [0.29, 0.717) is 10.6 Å². The molecule has 0 bridgehead atoms. The smallest absolute Gasteiger partial charge is 0.145 e. The van der Waals surface area contributed by atoms with Crippen molar-refractivity contribution in [2.24, 2.45) is 5.16 Å². The van der Waals surface area contributed by atoms with Crippen molar-refractivity contribution < 1.29 is 9.23 Å². The number of fused-ring (bicyclic) bond motifs is 1. The predicted molar refractivity (Wildman–Crippen MR) is 85.6 cm³/mol. The Morgan fingerprint density at radius 1 is 1.14 bits per heavy atom. The van der Waals surface area contributed by atoms with Gasteiger partial charge in [0.05, 0.1) is 16.1 Å². The van der Waals surface area contributed by atoms with Gasteiger partial charge in [-0.1, -0.05) is 53.2 Å². The Bertz CT molecular complexity index is 800. The van der Waals surface area contributed by atoms with Gasteiger partial charge < -0.3 is 4.84 Å². The van der Waals surface area contributed by atoms with Crippen LogP contribution in [-0.4, -0.2) is 6.21 Å². The molecule has 0 aliphatic rings. The molecule has 0 saturated heterocycles. The highest BCUT2D eigenvalue weighted by molar-refractivity contribution is 7.21. The molecule has 3 rings (SSSR count). The van der Waals surface area contributed by atoms with Crippen molar-refractivity contribution in [2.45, 2.75) is 6.61 Å². The Labute approximate surface area is 130 Å². The number of hydrogen-bond donors (Lipinski definition) is 0. The first-order chi connectivity index (χ1) is 10.3. The third-order valence-corrected chi connectivity index (χ3v) is 4.61. The molecule has 0 saturated carbocycles. The number of rotatable bonds is 4. The fourth-order valence-electron chi connectivity index (χ4n) is 1.92. The zero-order valence-corrected chi connectivity index (χ0v) is 12.5. The number of benzene rings is 2. The monoisotopic (exact) mass is 319 g/mol. The quantitative estimate of drug-likeness (QED) is 0.476. The predicted octanol–water partition coefficient (Wildman–Crippen LogP) is 5.24. The molecule has 0 radical (unpaired) electrons. The second-order valence-corrected chi connectivity index (χ2v) is 5.84. The minimum atomic E-state index is -0.299. The largest absolute Gasteiger partial charge is 0.391 e. The molecule has 106 valence electrons. The van der Waals surface area contributed by atoms with Crippen LogP contribution < -0.4 is 0 Å². The molecule has 3 aromatic rings. The van der Waals surface area contributed by atoms with Crippen molar-refractivity contribution >= 4 is 39.2 Å². The maximum atomic E-state index is 13.4. The summed E-state index contributed by atoms with van der Waals surface area (Å²) in [7, 11) is 0. The highest BCUT2D eigenvalue weighted by atomic mass is 35.5. The lowest BCUT2D eigenvalue weighted by atomic mass is 10.2. The minimum absolute atomic E-state index is 0.0890. The van der Waals surface area contributed by atoms with Gasteiger partial charge in [0.25, 0.3) is 0 Å². The summed E-state index contributed by atoms with van der Waals surface area (Å²) in [6.07, 6.45) is 1.56. The van der Waals surface area contributed by atoms with E-state index in [-0.39, 0.29) is 12.4 Å². The molecule has 2 nitrogen and oxygen atoms in total. The van der Waals surface area contributed by atoms with Crippen molar-refractivity contribution in [1.29, 1.82) is 0 Å². The van der Waals surface area contributed by atoms with Gasteiger partial charge in [0.1, 0.15) is 12.4 Å². The summed E-state index contributed by atoms with van der Waals surface area (Å²) in [4.78, 5) is 5.96. The van der Waals surface area contributed by atoms with Crippen LogP contribution in [0.2, 0.25) is 5.02 Å². The van der Waals surface area contributed by atoms with E-state index in [1.165, 1.54) is 17.4 Å². The molecule has 0 aliphatic carbocycles. The first kappa shape index (κ1) is 14.0. The Kier molecular flexibility index (Phi) is 4.18. The minimum Gasteiger partial charge on any atom is -0.391 e. The van der Waals surface area contributed by atoms with E-state index in [4.69, 9.17) is 16.4 Å². The lowest BCUT2D eigenvalue weighted by Crippen LogP contribution is -1.91. The lowest BCUT2D eigenvalue weighted by Gasteiger charge is -2.00. The number of halogens is 2. The van der Waals surface area contributed by atoms with Crippen LogP contribution in [0.4, 0.5) is 4.39 Å². The van der Waals surface area contributed by atoms with Crippen molar-refractivity contribution in [3.63, 3.8) is 0 Å². The van der Waals surface area contributed by atoms with Crippen LogP contribution in [0.5, 0.6) is 0 Å². The first-order valence-corrected chi connectivity index (χ1v) is 7.51. The second kappa shape index (κ2) is 6.24. The Balaban J connectivity index is 1.71. The zero-order valence-electron chi connectivity index (χ0n) is 10.9. The molecule has 0 N–H and O–H groups in total. The highest BCUT2D eigenvalue weighted by Gasteiger charge is 2.07. The van der Waals surface area contributed by atoms with Gasteiger partial charge in [-0.05, 0) is 12.1 Å². The van der Waals surface area contributed by atoms with E-state index in [1.54, 1.807) is 24.4 Å². The van der Waals surface area contributed by atoms with Crippen molar-refractivity contribution in [1.82, 2.24) is 0 Å². The molecular weight excluding hydrogens is 309 g/mol. The summed E-state index contributed by atoms with van der Waals surface area (Å²) >= 11 is 7.82. The Morgan fingerprint density at radius 2 is 1.90 bits per heavy atom. The van der Waals surface area contributed by atoms with Gasteiger partial charge >= 0.3 is 0 Å². The fraction of sp³-hybridized carbons (Fsp3) is 0.0625. The van der Waals surface area contributed by atoms with Gasteiger partial charge in [0.15, 0.2) is 0 Å². The summed E-state index contributed by atoms with van der Waals surface area (Å²) in [5.74, 6) is -0.299. The van der Waals surface area contributed by atoms with E-state index in [0.717, 1.165) is 15.0 Å². The van der Waals surface area contributed by atoms with Crippen LogP contribution in [0.3, 0.4) is 0 Å². The summed E-state index contributed by atoms with van der Waals surface area (Å²) in [5, 5.41) is 5.53. The van der Waals surface area contributed by atoms with Crippen LogP contribution in [0, 0.1) is 5.82 Å². The van der Waals surface area contributed by atoms with E-state index >= 15 is 0 Å². The van der Waals surface area contributed by atoms with Crippen LogP contribution in [0.25, 0.3) is 10.1 Å². The molecule has 1 heterocycles. The van der Waals surface area contributed by atoms with E-state index in [9.17, 15) is 4.39 Å². The molecule has 0 spiro atoms. The van der Waals surface area contributed by atoms with E-state index < -0.39 is 0 Å². The van der Waals surface area contributed by atoms with Gasteiger partial charge in [-0.2, -0.15) is 0 Å². The number of thiophene rings is 1. The summed E-state index contributed by atoms with van der Waals surface area (Å²) in [5.41, 5.74) is 0.470. The van der Waals surface area contributed by atoms with Gasteiger partial charge in [0, 0.05) is 15.6 Å². The molecule has 1 aromatic heterocycles. The SMILES string of the molecule is Fc1ccccc1CON=Cc1sc2ccccc2c1Cl. The topological polar surface area (TPSA) is 21.6 Å². The average Bonchev–Trinajstić information content (AvgIpc) is 2.82. The normalized spacial score (nSPS) is 11.3. The maximum Gasteiger partial charge on any atom is 0.145 e. The third kappa shape index (κ3) is 3.06. The standard InChI is InChI=1S/C16H11ClFNOS/c17-16-12-6-2-4-8-14(12)21-15(16)9-19-20-10-11-5-1-3-7-13(11)18/h1-9H,10H2. The molecule has 2 aromatic carbocycles. The molecule has 0 atom stereocenters. The van der Waals surface area contributed by atoms with Gasteiger partial charge in [-0.3, -0.25) is 0 Å². The average molecular weight is 320 g/mol. The summed E-state index contributed by atoms with van der Waals surface area (Å²) < 4.78 is 14.5. The Morgan fingerprint density at radius 3 is 2.71 bits per heavy atom. The van der Waals surface area contributed by atoms with Crippen molar-refractivity contribution in [3.8, 4) is 0 Å². The Hall–Kier alpha value is -1.91. The molecule has 0 fully saturated rings. The maximum absolute atomic E-state index is 13.4. The van der Waals surface area contributed by atoms with Gasteiger partial charge in [-0.15, -0.1) is 11.3 Å². The second-order valence-electron chi connectivity index (χ2n) is 4.38. The van der Waals surface area contributed by atoms with E-state index in [2.05, 4.69) is 5.16 Å². The summed E-state index contributed by atoms with van der Waals surface area (Å²) in [6.45, 7) is 0.0890. The van der Waals surface area contributed by atoms with Crippen LogP contribution >= 0.6 is 22.9 Å². The molecule has 21 heavy (non-hydrogen) atoms. The van der Waals surface area contributed by atoms with E-state index in [1.807, 2.05) is 24.3 Å². The molecule has 0 aliphatic heterocycles. The number of hydrogen-bond acceptors (Lipinski definition) is 3. The van der Waals surface area contributed by atoms with Crippen LogP contribution in [0.1, 0.15) is 10.4 Å². The molecule has 0 unspecified atom stereocenters. The van der Waals surface area contributed by atoms with Crippen LogP contribution in [-0.2, 0) is 11.4 Å². The molecular formula is C16H11ClFNOS. The molecule has 0 amide bonds. The highest BCUT2D eigenvalue weighted by Crippen LogP contribution is 2.33. The van der Waals surface area contributed by atoms with Crippen LogP contribution in [0.15, 0.2) is 53.7 Å². The molecule has 5 heteroatoms. The fourth-order valence-corrected chi connectivity index (χ4v) is 3.27. The number of nitrogens with zero attached hydrogens (tertiary/aromatic N) is 1. The lowest BCUT2D eigenvalue weighted by molar-refractivity contribution is 0.129. The van der Waals surface area contributed by atoms with Gasteiger partial charge in [-0.25, -0.2) is 4.39 Å². The number of oxime groups is 1. The van der Waals surface area contributed by atoms with Crippen molar-refractivity contribution in [2.75, 3.05) is 0 Å². The van der Waals surface area contributed by atoms with Crippen molar-refractivity contribution in [3.05, 3.63) is 69.8 Å². The summed E-state index contributed by atoms with van der Waals surface area (Å²) in [6, 6.07) is 14.3.